The zero-order valence-corrected chi connectivity index (χ0v) is 14.6. The molecule has 1 aliphatic rings. The van der Waals surface area contributed by atoms with Crippen LogP contribution in [0.1, 0.15) is 45.6 Å². The zero-order valence-electron chi connectivity index (χ0n) is 14.6. The summed E-state index contributed by atoms with van der Waals surface area (Å²) in [6.07, 6.45) is 2.01. The Balaban J connectivity index is 1.74. The number of hydrogen-bond acceptors (Lipinski definition) is 3. The molecular formula is C19H24FNO3. The topological polar surface area (TPSA) is 42.7 Å². The fraction of sp³-hybridized carbons (Fsp3) is 0.526. The van der Waals surface area contributed by atoms with E-state index in [1.54, 1.807) is 17.0 Å². The normalized spacial score (nSPS) is 22.0. The fourth-order valence-electron chi connectivity index (χ4n) is 3.39. The van der Waals surface area contributed by atoms with Crippen molar-refractivity contribution < 1.29 is 18.3 Å². The first kappa shape index (κ1) is 16.8. The number of amides is 1. The molecular weight excluding hydrogens is 309 g/mol. The maximum absolute atomic E-state index is 14.2. The number of carbonyl (C=O) groups is 1. The van der Waals surface area contributed by atoms with Gasteiger partial charge in [-0.2, -0.15) is 0 Å². The van der Waals surface area contributed by atoms with Crippen molar-refractivity contribution in [1.82, 2.24) is 4.90 Å². The van der Waals surface area contributed by atoms with Gasteiger partial charge >= 0.3 is 6.09 Å². The number of likely N-dealkylation sites (tertiary alicyclic amines) is 1. The highest BCUT2D eigenvalue weighted by Gasteiger charge is 2.32. The first-order valence-electron chi connectivity index (χ1n) is 8.39. The number of hydrogen-bond donors (Lipinski definition) is 0. The van der Waals surface area contributed by atoms with Gasteiger partial charge in [-0.15, -0.1) is 0 Å². The van der Waals surface area contributed by atoms with Gasteiger partial charge in [-0.3, -0.25) is 0 Å². The maximum atomic E-state index is 14.2. The summed E-state index contributed by atoms with van der Waals surface area (Å²) in [5, 5.41) is 0.512. The molecule has 3 rings (SSSR count). The number of benzene rings is 1. The van der Waals surface area contributed by atoms with Crippen molar-refractivity contribution in [2.45, 2.75) is 45.6 Å². The molecule has 0 N–H and O–H groups in total. The van der Waals surface area contributed by atoms with Crippen LogP contribution in [0.5, 0.6) is 0 Å². The average molecular weight is 333 g/mol. The predicted molar refractivity (Wildman–Crippen MR) is 90.5 cm³/mol. The number of halogens is 1. The van der Waals surface area contributed by atoms with E-state index in [-0.39, 0.29) is 23.7 Å². The number of furan rings is 1. The van der Waals surface area contributed by atoms with Gasteiger partial charge in [0, 0.05) is 13.1 Å². The summed E-state index contributed by atoms with van der Waals surface area (Å²) in [5.74, 6) is 0.170. The summed E-state index contributed by atoms with van der Waals surface area (Å²) in [7, 11) is 0. The lowest BCUT2D eigenvalue weighted by atomic mass is 9.81. The standard InChI is InChI=1S/C19H24FNO3/c1-12-11-21(18(22)24-19(2,3)4)7-5-14(12)13-9-16(20)15-6-8-23-17(15)10-13/h6,8-10,12,14H,5,7,11H2,1-4H3/t12-,14+/m1/s1. The van der Waals surface area contributed by atoms with E-state index >= 15 is 0 Å². The van der Waals surface area contributed by atoms with E-state index < -0.39 is 5.60 Å². The highest BCUT2D eigenvalue weighted by molar-refractivity contribution is 5.78. The minimum atomic E-state index is -0.495. The van der Waals surface area contributed by atoms with Crippen molar-refractivity contribution in [2.75, 3.05) is 13.1 Å². The van der Waals surface area contributed by atoms with Crippen LogP contribution in [0.15, 0.2) is 28.9 Å². The van der Waals surface area contributed by atoms with Crippen LogP contribution in [0.2, 0.25) is 0 Å². The zero-order chi connectivity index (χ0) is 17.5. The van der Waals surface area contributed by atoms with Crippen LogP contribution in [0.3, 0.4) is 0 Å². The second-order valence-electron chi connectivity index (χ2n) is 7.63. The van der Waals surface area contributed by atoms with E-state index in [0.717, 1.165) is 12.0 Å². The number of rotatable bonds is 1. The summed E-state index contributed by atoms with van der Waals surface area (Å²) < 4.78 is 25.0. The average Bonchev–Trinajstić information content (AvgIpc) is 2.94. The second kappa shape index (κ2) is 6.11. The summed E-state index contributed by atoms with van der Waals surface area (Å²) in [5.41, 5.74) is 1.02. The van der Waals surface area contributed by atoms with Gasteiger partial charge < -0.3 is 14.1 Å². The highest BCUT2D eigenvalue weighted by atomic mass is 19.1. The van der Waals surface area contributed by atoms with Crippen molar-refractivity contribution in [3.63, 3.8) is 0 Å². The first-order valence-corrected chi connectivity index (χ1v) is 8.39. The molecule has 1 aromatic carbocycles. The van der Waals surface area contributed by atoms with Crippen LogP contribution in [0, 0.1) is 11.7 Å². The number of carbonyl (C=O) groups excluding carboxylic acids is 1. The Labute approximate surface area is 141 Å². The van der Waals surface area contributed by atoms with Gasteiger partial charge in [-0.05, 0) is 62.8 Å². The van der Waals surface area contributed by atoms with Crippen molar-refractivity contribution in [3.8, 4) is 0 Å². The highest BCUT2D eigenvalue weighted by Crippen LogP contribution is 2.35. The first-order chi connectivity index (χ1) is 11.2. The van der Waals surface area contributed by atoms with E-state index in [1.165, 1.54) is 6.26 Å². The largest absolute Gasteiger partial charge is 0.464 e. The molecule has 2 atom stereocenters. The molecule has 1 amide bonds. The molecule has 2 heterocycles. The molecule has 0 spiro atoms. The lowest BCUT2D eigenvalue weighted by molar-refractivity contribution is 0.0155. The summed E-state index contributed by atoms with van der Waals surface area (Å²) in [6, 6.07) is 5.16. The molecule has 130 valence electrons. The van der Waals surface area contributed by atoms with Crippen LogP contribution in [0.4, 0.5) is 9.18 Å². The van der Waals surface area contributed by atoms with Gasteiger partial charge in [0.05, 0.1) is 11.6 Å². The van der Waals surface area contributed by atoms with Crippen molar-refractivity contribution in [3.05, 3.63) is 35.8 Å². The molecule has 1 saturated heterocycles. The van der Waals surface area contributed by atoms with E-state index in [9.17, 15) is 9.18 Å². The number of ether oxygens (including phenoxy) is 1. The molecule has 1 fully saturated rings. The van der Waals surface area contributed by atoms with E-state index in [0.29, 0.717) is 24.1 Å². The van der Waals surface area contributed by atoms with E-state index in [4.69, 9.17) is 9.15 Å². The number of nitrogens with zero attached hydrogens (tertiary/aromatic N) is 1. The SMILES string of the molecule is C[C@@H]1CN(C(=O)OC(C)(C)C)CC[C@@H]1c1cc(F)c2ccoc2c1. The van der Waals surface area contributed by atoms with E-state index in [2.05, 4.69) is 6.92 Å². The van der Waals surface area contributed by atoms with Crippen molar-refractivity contribution >= 4 is 17.1 Å². The Morgan fingerprint density at radius 1 is 1.38 bits per heavy atom. The Bertz CT molecular complexity index is 747. The van der Waals surface area contributed by atoms with Gasteiger partial charge in [0.1, 0.15) is 17.0 Å². The fourth-order valence-corrected chi connectivity index (χ4v) is 3.39. The quantitative estimate of drug-likeness (QED) is 0.743. The third-order valence-corrected chi connectivity index (χ3v) is 4.53. The van der Waals surface area contributed by atoms with Gasteiger partial charge in [0.25, 0.3) is 0 Å². The molecule has 1 aliphatic heterocycles. The summed E-state index contributed by atoms with van der Waals surface area (Å²) in [6.45, 7) is 8.90. The third-order valence-electron chi connectivity index (χ3n) is 4.53. The second-order valence-corrected chi connectivity index (χ2v) is 7.63. The summed E-state index contributed by atoms with van der Waals surface area (Å²) >= 11 is 0. The van der Waals surface area contributed by atoms with Gasteiger partial charge in [0.2, 0.25) is 0 Å². The Morgan fingerprint density at radius 3 is 2.79 bits per heavy atom. The van der Waals surface area contributed by atoms with Crippen molar-refractivity contribution in [1.29, 1.82) is 0 Å². The van der Waals surface area contributed by atoms with Gasteiger partial charge in [0.15, 0.2) is 0 Å². The lowest BCUT2D eigenvalue weighted by Crippen LogP contribution is -2.44. The van der Waals surface area contributed by atoms with Crippen molar-refractivity contribution in [2.24, 2.45) is 5.92 Å². The monoisotopic (exact) mass is 333 g/mol. The molecule has 1 aromatic heterocycles. The molecule has 0 unspecified atom stereocenters. The van der Waals surface area contributed by atoms with Gasteiger partial charge in [-0.1, -0.05) is 6.92 Å². The van der Waals surface area contributed by atoms with Crippen LogP contribution in [-0.4, -0.2) is 29.7 Å². The Hall–Kier alpha value is -2.04. The molecule has 2 aromatic rings. The number of fused-ring (bicyclic) bond motifs is 1. The lowest BCUT2D eigenvalue weighted by Gasteiger charge is -2.37. The molecule has 0 radical (unpaired) electrons. The van der Waals surface area contributed by atoms with Crippen LogP contribution in [-0.2, 0) is 4.74 Å². The maximum Gasteiger partial charge on any atom is 0.410 e. The predicted octanol–water partition coefficient (Wildman–Crippen LogP) is 4.93. The third kappa shape index (κ3) is 3.40. The van der Waals surface area contributed by atoms with Crippen LogP contribution in [0.25, 0.3) is 11.0 Å². The van der Waals surface area contributed by atoms with E-state index in [1.807, 2.05) is 26.8 Å². The number of piperidine rings is 1. The summed E-state index contributed by atoms with van der Waals surface area (Å²) in [4.78, 5) is 14.0. The smallest absolute Gasteiger partial charge is 0.410 e. The molecule has 5 heteroatoms. The Kier molecular flexibility index (Phi) is 4.28. The minimum Gasteiger partial charge on any atom is -0.464 e. The van der Waals surface area contributed by atoms with Crippen LogP contribution >= 0.6 is 0 Å². The molecule has 24 heavy (non-hydrogen) atoms. The molecule has 0 aliphatic carbocycles. The van der Waals surface area contributed by atoms with Crippen LogP contribution < -0.4 is 0 Å². The Morgan fingerprint density at radius 2 is 2.12 bits per heavy atom. The minimum absolute atomic E-state index is 0.202. The molecule has 4 nitrogen and oxygen atoms in total. The molecule has 0 bridgehead atoms. The van der Waals surface area contributed by atoms with Gasteiger partial charge in [-0.25, -0.2) is 9.18 Å². The molecule has 0 saturated carbocycles.